The average molecular weight is 417 g/mol. The van der Waals surface area contributed by atoms with E-state index >= 15 is 0 Å². The van der Waals surface area contributed by atoms with E-state index < -0.39 is 6.04 Å². The van der Waals surface area contributed by atoms with Crippen LogP contribution in [0.4, 0.5) is 4.39 Å². The lowest BCUT2D eigenvalue weighted by Gasteiger charge is -2.29. The molecule has 0 heterocycles. The molecule has 0 aliphatic heterocycles. The molecule has 2 aromatic rings. The van der Waals surface area contributed by atoms with E-state index in [0.29, 0.717) is 11.3 Å². The van der Waals surface area contributed by atoms with Crippen LogP contribution in [0.3, 0.4) is 0 Å². The van der Waals surface area contributed by atoms with Crippen molar-refractivity contribution in [3.63, 3.8) is 0 Å². The third kappa shape index (κ3) is 7.20. The van der Waals surface area contributed by atoms with Crippen molar-refractivity contribution < 1.29 is 14.0 Å². The van der Waals surface area contributed by atoms with Crippen molar-refractivity contribution in [2.75, 3.05) is 5.75 Å². The average Bonchev–Trinajstić information content (AvgIpc) is 2.73. The third-order valence-corrected chi connectivity index (χ3v) is 5.79. The molecule has 0 radical (unpaired) electrons. The van der Waals surface area contributed by atoms with Crippen molar-refractivity contribution in [1.82, 2.24) is 10.2 Å². The second kappa shape index (κ2) is 11.6. The molecule has 0 fully saturated rings. The predicted molar refractivity (Wildman–Crippen MR) is 117 cm³/mol. The van der Waals surface area contributed by atoms with Crippen molar-refractivity contribution in [3.8, 4) is 0 Å². The van der Waals surface area contributed by atoms with Gasteiger partial charge in [0.05, 0.1) is 5.75 Å². The normalized spacial score (nSPS) is 12.8. The Morgan fingerprint density at radius 1 is 1.07 bits per heavy atom. The molecule has 6 heteroatoms. The highest BCUT2D eigenvalue weighted by Gasteiger charge is 2.27. The number of hydrogen-bond acceptors (Lipinski definition) is 3. The summed E-state index contributed by atoms with van der Waals surface area (Å²) < 4.78 is 14.2. The van der Waals surface area contributed by atoms with Crippen LogP contribution in [0.25, 0.3) is 0 Å². The van der Waals surface area contributed by atoms with Gasteiger partial charge >= 0.3 is 0 Å². The number of thioether (sulfide) groups is 1. The van der Waals surface area contributed by atoms with Crippen LogP contribution in [0.5, 0.6) is 0 Å². The first-order valence-corrected chi connectivity index (χ1v) is 11.0. The summed E-state index contributed by atoms with van der Waals surface area (Å²) in [6, 6.07) is 15.6. The minimum absolute atomic E-state index is 0.0165. The van der Waals surface area contributed by atoms with Gasteiger partial charge in [-0.2, -0.15) is 0 Å². The molecular formula is C23H29FN2O2S. The van der Waals surface area contributed by atoms with E-state index in [9.17, 15) is 14.0 Å². The van der Waals surface area contributed by atoms with E-state index in [1.807, 2.05) is 44.2 Å². The molecule has 1 N–H and O–H groups in total. The van der Waals surface area contributed by atoms with Gasteiger partial charge in [-0.05, 0) is 31.9 Å². The van der Waals surface area contributed by atoms with Crippen LogP contribution in [0, 0.1) is 5.82 Å². The van der Waals surface area contributed by atoms with Crippen molar-refractivity contribution in [3.05, 3.63) is 71.5 Å². The van der Waals surface area contributed by atoms with Crippen molar-refractivity contribution in [2.45, 2.75) is 51.6 Å². The van der Waals surface area contributed by atoms with Gasteiger partial charge in [-0.25, -0.2) is 4.39 Å². The Labute approximate surface area is 176 Å². The Morgan fingerprint density at radius 2 is 1.72 bits per heavy atom. The number of carbonyl (C=O) groups excluding carboxylic acids is 2. The van der Waals surface area contributed by atoms with Crippen molar-refractivity contribution >= 4 is 23.6 Å². The molecule has 0 saturated carbocycles. The summed E-state index contributed by atoms with van der Waals surface area (Å²) in [5.41, 5.74) is 1.53. The SMILES string of the molecule is CC[C@@H](C)NC(=O)[C@H](C)N(Cc1ccccc1F)C(=O)CSCc1ccccc1. The fraction of sp³-hybridized carbons (Fsp3) is 0.391. The van der Waals surface area contributed by atoms with Crippen LogP contribution in [0.15, 0.2) is 54.6 Å². The molecule has 4 nitrogen and oxygen atoms in total. The molecule has 0 bridgehead atoms. The van der Waals surface area contributed by atoms with Gasteiger partial charge in [0.15, 0.2) is 0 Å². The summed E-state index contributed by atoms with van der Waals surface area (Å²) in [6.45, 7) is 5.66. The predicted octanol–water partition coefficient (Wildman–Crippen LogP) is 4.39. The maximum atomic E-state index is 14.2. The standard InChI is InChI=1S/C23H29FN2O2S/c1-4-17(2)25-23(28)18(3)26(14-20-12-8-9-13-21(20)24)22(27)16-29-15-19-10-6-5-7-11-19/h5-13,17-18H,4,14-16H2,1-3H3,(H,25,28)/t17-,18+/m1/s1. The Bertz CT molecular complexity index is 800. The number of nitrogens with zero attached hydrogens (tertiary/aromatic N) is 1. The molecule has 2 amide bonds. The first kappa shape index (κ1) is 22.9. The Hall–Kier alpha value is -2.34. The lowest BCUT2D eigenvalue weighted by atomic mass is 10.1. The summed E-state index contributed by atoms with van der Waals surface area (Å²) in [6.07, 6.45) is 0.798. The number of halogens is 1. The molecule has 0 saturated heterocycles. The van der Waals surface area contributed by atoms with Gasteiger partial charge in [0.2, 0.25) is 11.8 Å². The highest BCUT2D eigenvalue weighted by molar-refractivity contribution is 7.99. The van der Waals surface area contributed by atoms with E-state index in [1.165, 1.54) is 22.7 Å². The topological polar surface area (TPSA) is 49.4 Å². The number of carbonyl (C=O) groups is 2. The van der Waals surface area contributed by atoms with Crippen LogP contribution >= 0.6 is 11.8 Å². The Morgan fingerprint density at radius 3 is 2.38 bits per heavy atom. The molecule has 2 atom stereocenters. The van der Waals surface area contributed by atoms with E-state index in [4.69, 9.17) is 0 Å². The summed E-state index contributed by atoms with van der Waals surface area (Å²) in [7, 11) is 0. The van der Waals surface area contributed by atoms with Crippen molar-refractivity contribution in [2.24, 2.45) is 0 Å². The molecule has 0 aromatic heterocycles. The molecule has 0 unspecified atom stereocenters. The molecule has 2 aromatic carbocycles. The number of amides is 2. The second-order valence-electron chi connectivity index (χ2n) is 7.09. The van der Waals surface area contributed by atoms with E-state index in [2.05, 4.69) is 5.32 Å². The van der Waals surface area contributed by atoms with Gasteiger partial charge < -0.3 is 10.2 Å². The molecule has 156 valence electrons. The molecule has 0 aliphatic rings. The zero-order valence-corrected chi connectivity index (χ0v) is 18.0. The van der Waals surface area contributed by atoms with Gasteiger partial charge in [0.25, 0.3) is 0 Å². The van der Waals surface area contributed by atoms with Gasteiger partial charge in [0, 0.05) is 23.9 Å². The number of rotatable bonds is 10. The minimum Gasteiger partial charge on any atom is -0.352 e. The van der Waals surface area contributed by atoms with Crippen LogP contribution in [0.2, 0.25) is 0 Å². The van der Waals surface area contributed by atoms with E-state index in [0.717, 1.165) is 12.0 Å². The minimum atomic E-state index is -0.687. The molecule has 29 heavy (non-hydrogen) atoms. The smallest absolute Gasteiger partial charge is 0.242 e. The maximum absolute atomic E-state index is 14.2. The molecular weight excluding hydrogens is 387 g/mol. The fourth-order valence-electron chi connectivity index (χ4n) is 2.77. The number of benzene rings is 2. The van der Waals surface area contributed by atoms with Gasteiger partial charge in [-0.15, -0.1) is 11.8 Å². The van der Waals surface area contributed by atoms with E-state index in [-0.39, 0.29) is 36.0 Å². The number of hydrogen-bond donors (Lipinski definition) is 1. The summed E-state index contributed by atoms with van der Waals surface area (Å²) in [5.74, 6) is 0.146. The number of nitrogens with one attached hydrogen (secondary N) is 1. The van der Waals surface area contributed by atoms with Gasteiger partial charge in [-0.1, -0.05) is 55.5 Å². The lowest BCUT2D eigenvalue weighted by Crippen LogP contribution is -2.50. The first-order valence-electron chi connectivity index (χ1n) is 9.87. The zero-order valence-electron chi connectivity index (χ0n) is 17.2. The summed E-state index contributed by atoms with van der Waals surface area (Å²) >= 11 is 1.49. The monoisotopic (exact) mass is 416 g/mol. The molecule has 0 spiro atoms. The highest BCUT2D eigenvalue weighted by atomic mass is 32.2. The fourth-order valence-corrected chi connectivity index (χ4v) is 3.64. The third-order valence-electron chi connectivity index (χ3n) is 4.80. The zero-order chi connectivity index (χ0) is 21.2. The highest BCUT2D eigenvalue weighted by Crippen LogP contribution is 2.17. The van der Waals surface area contributed by atoms with E-state index in [1.54, 1.807) is 25.1 Å². The maximum Gasteiger partial charge on any atom is 0.242 e. The first-order chi connectivity index (χ1) is 13.9. The Kier molecular flexibility index (Phi) is 9.19. The second-order valence-corrected chi connectivity index (χ2v) is 8.07. The van der Waals surface area contributed by atoms with Crippen molar-refractivity contribution in [1.29, 1.82) is 0 Å². The molecule has 0 aliphatic carbocycles. The van der Waals surface area contributed by atoms with Crippen LogP contribution in [0.1, 0.15) is 38.3 Å². The molecule has 2 rings (SSSR count). The van der Waals surface area contributed by atoms with Gasteiger partial charge in [0.1, 0.15) is 11.9 Å². The van der Waals surface area contributed by atoms with Crippen LogP contribution < -0.4 is 5.32 Å². The summed E-state index contributed by atoms with van der Waals surface area (Å²) in [5, 5.41) is 2.91. The van der Waals surface area contributed by atoms with Crippen LogP contribution in [-0.2, 0) is 21.9 Å². The lowest BCUT2D eigenvalue weighted by molar-refractivity contribution is -0.139. The van der Waals surface area contributed by atoms with Crippen LogP contribution in [-0.4, -0.2) is 34.6 Å². The Balaban J connectivity index is 2.08. The quantitative estimate of drug-likeness (QED) is 0.625. The van der Waals surface area contributed by atoms with Gasteiger partial charge in [-0.3, -0.25) is 9.59 Å². The largest absolute Gasteiger partial charge is 0.352 e. The summed E-state index contributed by atoms with van der Waals surface area (Å²) in [4.78, 5) is 27.0.